The SMILES string of the molecule is CCN(Cc1nc2ccccc2c(=O)[nH]1)C(=O)c1ccc(C)c(-n2cccc2)c1. The van der Waals surface area contributed by atoms with E-state index in [1.807, 2.05) is 67.2 Å². The molecule has 0 saturated carbocycles. The molecule has 1 amide bonds. The molecular weight excluding hydrogens is 364 g/mol. The van der Waals surface area contributed by atoms with Crippen molar-refractivity contribution in [1.82, 2.24) is 19.4 Å². The lowest BCUT2D eigenvalue weighted by molar-refractivity contribution is 0.0748. The third-order valence-corrected chi connectivity index (χ3v) is 5.01. The lowest BCUT2D eigenvalue weighted by Crippen LogP contribution is -2.32. The minimum Gasteiger partial charge on any atom is -0.331 e. The van der Waals surface area contributed by atoms with E-state index in [0.717, 1.165) is 11.3 Å². The van der Waals surface area contributed by atoms with Crippen molar-refractivity contribution in [2.75, 3.05) is 6.54 Å². The van der Waals surface area contributed by atoms with Crippen LogP contribution in [0.1, 0.15) is 28.7 Å². The summed E-state index contributed by atoms with van der Waals surface area (Å²) in [6.07, 6.45) is 3.91. The summed E-state index contributed by atoms with van der Waals surface area (Å²) in [4.78, 5) is 34.5. The molecule has 0 aliphatic rings. The van der Waals surface area contributed by atoms with Gasteiger partial charge in [-0.05, 0) is 55.8 Å². The molecule has 1 N–H and O–H groups in total. The Bertz CT molecular complexity index is 1230. The Balaban J connectivity index is 1.64. The maximum Gasteiger partial charge on any atom is 0.258 e. The number of aromatic amines is 1. The number of rotatable bonds is 5. The largest absolute Gasteiger partial charge is 0.331 e. The fourth-order valence-corrected chi connectivity index (χ4v) is 3.42. The first kappa shape index (κ1) is 18.7. The highest BCUT2D eigenvalue weighted by atomic mass is 16.2. The highest BCUT2D eigenvalue weighted by Crippen LogP contribution is 2.18. The number of aromatic nitrogens is 3. The van der Waals surface area contributed by atoms with Crippen LogP contribution in [0.4, 0.5) is 0 Å². The molecule has 2 heterocycles. The lowest BCUT2D eigenvalue weighted by Gasteiger charge is -2.21. The van der Waals surface area contributed by atoms with Crippen molar-refractivity contribution in [2.45, 2.75) is 20.4 Å². The van der Waals surface area contributed by atoms with Crippen LogP contribution in [0.25, 0.3) is 16.6 Å². The number of carbonyl (C=O) groups is 1. The molecule has 0 bridgehead atoms. The highest BCUT2D eigenvalue weighted by molar-refractivity contribution is 5.95. The average molecular weight is 386 g/mol. The molecule has 146 valence electrons. The zero-order valence-corrected chi connectivity index (χ0v) is 16.4. The smallest absolute Gasteiger partial charge is 0.258 e. The third-order valence-electron chi connectivity index (χ3n) is 5.01. The van der Waals surface area contributed by atoms with Gasteiger partial charge in [-0.2, -0.15) is 0 Å². The van der Waals surface area contributed by atoms with Crippen molar-refractivity contribution < 1.29 is 4.79 Å². The Hall–Kier alpha value is -3.67. The molecule has 0 aliphatic carbocycles. The topological polar surface area (TPSA) is 71.0 Å². The standard InChI is InChI=1S/C23H22N4O2/c1-3-26(15-21-24-19-9-5-4-8-18(19)22(28)25-21)23(29)17-11-10-16(2)20(14-17)27-12-6-7-13-27/h4-14H,3,15H2,1-2H3,(H,24,25,28). The molecule has 4 aromatic rings. The summed E-state index contributed by atoms with van der Waals surface area (Å²) in [7, 11) is 0. The summed E-state index contributed by atoms with van der Waals surface area (Å²) in [6.45, 7) is 4.67. The molecule has 0 fully saturated rings. The number of para-hydroxylation sites is 1. The molecule has 6 heteroatoms. The molecule has 0 radical (unpaired) electrons. The lowest BCUT2D eigenvalue weighted by atomic mass is 10.1. The molecule has 2 aromatic carbocycles. The Kier molecular flexibility index (Phi) is 4.99. The van der Waals surface area contributed by atoms with Gasteiger partial charge in [0, 0.05) is 30.2 Å². The van der Waals surface area contributed by atoms with Crippen LogP contribution in [0.5, 0.6) is 0 Å². The molecule has 2 aromatic heterocycles. The van der Waals surface area contributed by atoms with E-state index in [1.54, 1.807) is 23.1 Å². The van der Waals surface area contributed by atoms with E-state index < -0.39 is 0 Å². The van der Waals surface area contributed by atoms with Crippen LogP contribution in [0.3, 0.4) is 0 Å². The number of hydrogen-bond acceptors (Lipinski definition) is 3. The molecule has 0 saturated heterocycles. The number of H-pyrrole nitrogens is 1. The van der Waals surface area contributed by atoms with Gasteiger partial charge in [0.2, 0.25) is 0 Å². The van der Waals surface area contributed by atoms with E-state index in [-0.39, 0.29) is 18.0 Å². The van der Waals surface area contributed by atoms with Crippen LogP contribution in [0.2, 0.25) is 0 Å². The summed E-state index contributed by atoms with van der Waals surface area (Å²) in [5, 5.41) is 0.542. The fourth-order valence-electron chi connectivity index (χ4n) is 3.42. The minimum absolute atomic E-state index is 0.100. The molecule has 29 heavy (non-hydrogen) atoms. The summed E-state index contributed by atoms with van der Waals surface area (Å²) >= 11 is 0. The van der Waals surface area contributed by atoms with Gasteiger partial charge in [-0.1, -0.05) is 18.2 Å². The zero-order valence-electron chi connectivity index (χ0n) is 16.4. The second-order valence-electron chi connectivity index (χ2n) is 6.94. The first-order valence-corrected chi connectivity index (χ1v) is 9.58. The quantitative estimate of drug-likeness (QED) is 0.569. The van der Waals surface area contributed by atoms with Crippen molar-refractivity contribution in [3.63, 3.8) is 0 Å². The van der Waals surface area contributed by atoms with Crippen LogP contribution in [0.15, 0.2) is 71.8 Å². The number of benzene rings is 2. The fraction of sp³-hybridized carbons (Fsp3) is 0.174. The minimum atomic E-state index is -0.195. The average Bonchev–Trinajstić information content (AvgIpc) is 3.26. The second kappa shape index (κ2) is 7.75. The maximum atomic E-state index is 13.2. The van der Waals surface area contributed by atoms with Gasteiger partial charge in [0.25, 0.3) is 11.5 Å². The number of fused-ring (bicyclic) bond motifs is 1. The van der Waals surface area contributed by atoms with E-state index in [2.05, 4.69) is 9.97 Å². The van der Waals surface area contributed by atoms with Gasteiger partial charge in [-0.15, -0.1) is 0 Å². The van der Waals surface area contributed by atoms with Crippen molar-refractivity contribution in [3.05, 3.63) is 94.3 Å². The predicted molar refractivity (Wildman–Crippen MR) is 113 cm³/mol. The molecular formula is C23H22N4O2. The highest BCUT2D eigenvalue weighted by Gasteiger charge is 2.17. The van der Waals surface area contributed by atoms with Crippen molar-refractivity contribution >= 4 is 16.8 Å². The van der Waals surface area contributed by atoms with Gasteiger partial charge < -0.3 is 14.5 Å². The molecule has 4 rings (SSSR count). The van der Waals surface area contributed by atoms with Crippen molar-refractivity contribution in [3.8, 4) is 5.69 Å². The first-order valence-electron chi connectivity index (χ1n) is 9.58. The van der Waals surface area contributed by atoms with Crippen LogP contribution < -0.4 is 5.56 Å². The van der Waals surface area contributed by atoms with Gasteiger partial charge in [-0.3, -0.25) is 9.59 Å². The van der Waals surface area contributed by atoms with E-state index in [9.17, 15) is 9.59 Å². The van der Waals surface area contributed by atoms with Crippen molar-refractivity contribution in [1.29, 1.82) is 0 Å². The second-order valence-corrected chi connectivity index (χ2v) is 6.94. The zero-order chi connectivity index (χ0) is 20.4. The van der Waals surface area contributed by atoms with Crippen LogP contribution >= 0.6 is 0 Å². The Morgan fingerprint density at radius 1 is 1.10 bits per heavy atom. The number of nitrogens with one attached hydrogen (secondary N) is 1. The number of hydrogen-bond donors (Lipinski definition) is 1. The van der Waals surface area contributed by atoms with Crippen LogP contribution in [-0.4, -0.2) is 31.9 Å². The summed E-state index contributed by atoms with van der Waals surface area (Å²) < 4.78 is 1.99. The molecule has 0 atom stereocenters. The Labute approximate surface area is 168 Å². The van der Waals surface area contributed by atoms with E-state index in [0.29, 0.717) is 28.8 Å². The van der Waals surface area contributed by atoms with E-state index in [4.69, 9.17) is 0 Å². The third kappa shape index (κ3) is 3.69. The van der Waals surface area contributed by atoms with Crippen molar-refractivity contribution in [2.24, 2.45) is 0 Å². The van der Waals surface area contributed by atoms with Gasteiger partial charge in [-0.25, -0.2) is 4.98 Å². The first-order chi connectivity index (χ1) is 14.1. The molecule has 6 nitrogen and oxygen atoms in total. The summed E-state index contributed by atoms with van der Waals surface area (Å²) in [5.74, 6) is 0.373. The van der Waals surface area contributed by atoms with Crippen LogP contribution in [0, 0.1) is 6.92 Å². The van der Waals surface area contributed by atoms with Gasteiger partial charge in [0.05, 0.1) is 17.4 Å². The summed E-state index contributed by atoms with van der Waals surface area (Å²) in [5.41, 5.74) is 3.08. The maximum absolute atomic E-state index is 13.2. The van der Waals surface area contributed by atoms with Gasteiger partial charge in [0.15, 0.2) is 0 Å². The molecule has 0 unspecified atom stereocenters. The van der Waals surface area contributed by atoms with E-state index >= 15 is 0 Å². The number of carbonyl (C=O) groups excluding carboxylic acids is 1. The predicted octanol–water partition coefficient (Wildman–Crippen LogP) is 3.68. The van der Waals surface area contributed by atoms with E-state index in [1.165, 1.54) is 0 Å². The number of nitrogens with zero attached hydrogens (tertiary/aromatic N) is 3. The Morgan fingerprint density at radius 2 is 1.86 bits per heavy atom. The molecule has 0 aliphatic heterocycles. The van der Waals surface area contributed by atoms with Gasteiger partial charge in [0.1, 0.15) is 5.82 Å². The molecule has 0 spiro atoms. The number of amides is 1. The van der Waals surface area contributed by atoms with Crippen LogP contribution in [-0.2, 0) is 6.54 Å². The normalized spacial score (nSPS) is 11.0. The Morgan fingerprint density at radius 3 is 2.62 bits per heavy atom. The summed E-state index contributed by atoms with van der Waals surface area (Å²) in [6, 6.07) is 16.8. The monoisotopic (exact) mass is 386 g/mol. The number of aryl methyl sites for hydroxylation is 1. The van der Waals surface area contributed by atoms with Gasteiger partial charge >= 0.3 is 0 Å².